The average molecular weight is 413 g/mol. The number of nitrogens with one attached hydrogen (secondary N) is 1. The van der Waals surface area contributed by atoms with E-state index in [1.807, 2.05) is 12.1 Å². The van der Waals surface area contributed by atoms with Gasteiger partial charge in [0.2, 0.25) is 5.91 Å². The van der Waals surface area contributed by atoms with E-state index >= 15 is 0 Å². The number of carbonyl (C=O) groups is 1. The number of hydrogen-bond acceptors (Lipinski definition) is 3. The standard InChI is InChI=1S/C23H29FN4O2/c1-16-5-3-4-6-20(16)21-15-28(11-12-30-21)23(26-2)27-14-18(22(25)29)13-17-7-9-19(24)10-8-17/h3-10,18,21H,11-15H2,1-2H3,(H2,25,29)(H,26,27). The fraction of sp³-hybridized carbons (Fsp3) is 0.391. The van der Waals surface area contributed by atoms with E-state index in [0.717, 1.165) is 5.56 Å². The van der Waals surface area contributed by atoms with Crippen molar-refractivity contribution in [3.05, 3.63) is 71.0 Å². The minimum absolute atomic E-state index is 0.0374. The van der Waals surface area contributed by atoms with Gasteiger partial charge in [0.25, 0.3) is 0 Å². The first-order valence-corrected chi connectivity index (χ1v) is 10.1. The van der Waals surface area contributed by atoms with E-state index in [-0.39, 0.29) is 11.9 Å². The summed E-state index contributed by atoms with van der Waals surface area (Å²) in [6, 6.07) is 14.3. The summed E-state index contributed by atoms with van der Waals surface area (Å²) in [6.07, 6.45) is 0.402. The highest BCUT2D eigenvalue weighted by molar-refractivity contribution is 5.82. The molecule has 7 heteroatoms. The van der Waals surface area contributed by atoms with Gasteiger partial charge in [-0.15, -0.1) is 0 Å². The van der Waals surface area contributed by atoms with E-state index in [0.29, 0.717) is 38.6 Å². The molecule has 2 atom stereocenters. The first kappa shape index (κ1) is 21.8. The quantitative estimate of drug-likeness (QED) is 0.564. The summed E-state index contributed by atoms with van der Waals surface area (Å²) < 4.78 is 19.1. The average Bonchev–Trinajstić information content (AvgIpc) is 2.75. The van der Waals surface area contributed by atoms with E-state index in [1.165, 1.54) is 23.3 Å². The van der Waals surface area contributed by atoms with Crippen molar-refractivity contribution >= 4 is 11.9 Å². The molecule has 1 aliphatic heterocycles. The van der Waals surface area contributed by atoms with E-state index in [1.54, 1.807) is 19.2 Å². The van der Waals surface area contributed by atoms with Crippen molar-refractivity contribution in [1.82, 2.24) is 10.2 Å². The topological polar surface area (TPSA) is 79.9 Å². The van der Waals surface area contributed by atoms with Crippen molar-refractivity contribution in [2.24, 2.45) is 16.6 Å². The molecule has 160 valence electrons. The van der Waals surface area contributed by atoms with Gasteiger partial charge in [-0.25, -0.2) is 4.39 Å². The Morgan fingerprint density at radius 3 is 2.70 bits per heavy atom. The van der Waals surface area contributed by atoms with E-state index in [9.17, 15) is 9.18 Å². The summed E-state index contributed by atoms with van der Waals surface area (Å²) >= 11 is 0. The molecule has 0 bridgehead atoms. The van der Waals surface area contributed by atoms with Crippen molar-refractivity contribution in [3.63, 3.8) is 0 Å². The summed E-state index contributed by atoms with van der Waals surface area (Å²) in [4.78, 5) is 18.5. The lowest BCUT2D eigenvalue weighted by Gasteiger charge is -2.36. The number of nitrogens with two attached hydrogens (primary N) is 1. The van der Waals surface area contributed by atoms with Crippen LogP contribution < -0.4 is 11.1 Å². The maximum Gasteiger partial charge on any atom is 0.222 e. The number of ether oxygens (including phenoxy) is 1. The molecule has 0 saturated carbocycles. The number of guanidine groups is 1. The van der Waals surface area contributed by atoms with Gasteiger partial charge in [-0.3, -0.25) is 9.79 Å². The van der Waals surface area contributed by atoms with Crippen molar-refractivity contribution in [1.29, 1.82) is 0 Å². The Balaban J connectivity index is 1.62. The first-order valence-electron chi connectivity index (χ1n) is 10.1. The van der Waals surface area contributed by atoms with Gasteiger partial charge in [-0.1, -0.05) is 36.4 Å². The Kier molecular flexibility index (Phi) is 7.41. The van der Waals surface area contributed by atoms with Gasteiger partial charge in [0, 0.05) is 20.1 Å². The second-order valence-electron chi connectivity index (χ2n) is 7.52. The Morgan fingerprint density at radius 1 is 1.30 bits per heavy atom. The molecule has 1 saturated heterocycles. The Hall–Kier alpha value is -2.93. The van der Waals surface area contributed by atoms with Crippen LogP contribution in [0.15, 0.2) is 53.5 Å². The van der Waals surface area contributed by atoms with E-state index in [2.05, 4.69) is 34.3 Å². The van der Waals surface area contributed by atoms with Gasteiger partial charge in [0.15, 0.2) is 5.96 Å². The number of benzene rings is 2. The first-order chi connectivity index (χ1) is 14.5. The van der Waals surface area contributed by atoms with Crippen LogP contribution in [0, 0.1) is 18.7 Å². The molecule has 1 aliphatic rings. The molecule has 1 amide bonds. The fourth-order valence-corrected chi connectivity index (χ4v) is 3.70. The number of nitrogens with zero attached hydrogens (tertiary/aromatic N) is 2. The summed E-state index contributed by atoms with van der Waals surface area (Å²) in [6.45, 7) is 4.41. The summed E-state index contributed by atoms with van der Waals surface area (Å²) in [5, 5.41) is 3.28. The second-order valence-corrected chi connectivity index (χ2v) is 7.52. The molecule has 2 aromatic carbocycles. The maximum absolute atomic E-state index is 13.1. The largest absolute Gasteiger partial charge is 0.370 e. The van der Waals surface area contributed by atoms with Crippen LogP contribution in [0.3, 0.4) is 0 Å². The third-order valence-electron chi connectivity index (χ3n) is 5.42. The number of carbonyl (C=O) groups excluding carboxylic acids is 1. The number of halogens is 1. The van der Waals surface area contributed by atoms with Crippen LogP contribution in [-0.4, -0.2) is 50.1 Å². The lowest BCUT2D eigenvalue weighted by molar-refractivity contribution is -0.121. The van der Waals surface area contributed by atoms with E-state index < -0.39 is 11.8 Å². The van der Waals surface area contributed by atoms with Gasteiger partial charge >= 0.3 is 0 Å². The highest BCUT2D eigenvalue weighted by Gasteiger charge is 2.26. The molecule has 0 aliphatic carbocycles. The lowest BCUT2D eigenvalue weighted by Crippen LogP contribution is -2.50. The lowest BCUT2D eigenvalue weighted by atomic mass is 9.98. The van der Waals surface area contributed by atoms with Crippen LogP contribution in [0.2, 0.25) is 0 Å². The fourth-order valence-electron chi connectivity index (χ4n) is 3.70. The van der Waals surface area contributed by atoms with Crippen LogP contribution in [0.1, 0.15) is 22.8 Å². The number of amides is 1. The summed E-state index contributed by atoms with van der Waals surface area (Å²) in [5.41, 5.74) is 8.84. The van der Waals surface area contributed by atoms with Gasteiger partial charge in [-0.2, -0.15) is 0 Å². The molecule has 0 aromatic heterocycles. The Labute approximate surface area is 176 Å². The zero-order valence-electron chi connectivity index (χ0n) is 17.5. The minimum Gasteiger partial charge on any atom is -0.370 e. The van der Waals surface area contributed by atoms with Gasteiger partial charge in [-0.05, 0) is 42.2 Å². The predicted molar refractivity (Wildman–Crippen MR) is 116 cm³/mol. The highest BCUT2D eigenvalue weighted by Crippen LogP contribution is 2.25. The number of aliphatic imine (C=N–C) groups is 1. The molecule has 0 radical (unpaired) electrons. The van der Waals surface area contributed by atoms with Gasteiger partial charge in [0.05, 0.1) is 19.1 Å². The van der Waals surface area contributed by atoms with E-state index in [4.69, 9.17) is 10.5 Å². The Bertz CT molecular complexity index is 885. The Morgan fingerprint density at radius 2 is 2.03 bits per heavy atom. The van der Waals surface area contributed by atoms with Crippen LogP contribution in [0.5, 0.6) is 0 Å². The number of hydrogen-bond donors (Lipinski definition) is 2. The SMILES string of the molecule is CN=C(NCC(Cc1ccc(F)cc1)C(N)=O)N1CCOC(c2ccccc2C)C1. The predicted octanol–water partition coefficient (Wildman–Crippen LogP) is 2.43. The molecule has 2 unspecified atom stereocenters. The van der Waals surface area contributed by atoms with Crippen molar-refractivity contribution in [2.45, 2.75) is 19.4 Å². The second kappa shape index (κ2) is 10.2. The van der Waals surface area contributed by atoms with Gasteiger partial charge in [0.1, 0.15) is 11.9 Å². The molecular formula is C23H29FN4O2. The van der Waals surface area contributed by atoms with Crippen molar-refractivity contribution in [3.8, 4) is 0 Å². The minimum atomic E-state index is -0.430. The maximum atomic E-state index is 13.1. The van der Waals surface area contributed by atoms with Crippen molar-refractivity contribution < 1.29 is 13.9 Å². The molecule has 1 heterocycles. The van der Waals surface area contributed by atoms with Gasteiger partial charge < -0.3 is 20.7 Å². The zero-order valence-corrected chi connectivity index (χ0v) is 17.5. The molecule has 6 nitrogen and oxygen atoms in total. The number of primary amides is 1. The smallest absolute Gasteiger partial charge is 0.222 e. The molecular weight excluding hydrogens is 383 g/mol. The molecule has 2 aromatic rings. The molecule has 1 fully saturated rings. The van der Waals surface area contributed by atoms with Crippen LogP contribution >= 0.6 is 0 Å². The summed E-state index contributed by atoms with van der Waals surface area (Å²) in [5.74, 6) is -0.423. The third kappa shape index (κ3) is 5.57. The third-order valence-corrected chi connectivity index (χ3v) is 5.42. The molecule has 30 heavy (non-hydrogen) atoms. The number of aryl methyl sites for hydroxylation is 1. The number of rotatable bonds is 6. The normalized spacial score (nSPS) is 18.2. The van der Waals surface area contributed by atoms with Crippen molar-refractivity contribution in [2.75, 3.05) is 33.3 Å². The summed E-state index contributed by atoms with van der Waals surface area (Å²) in [7, 11) is 1.72. The number of morpholine rings is 1. The highest BCUT2D eigenvalue weighted by atomic mass is 19.1. The monoisotopic (exact) mass is 412 g/mol. The zero-order chi connectivity index (χ0) is 21.5. The van der Waals surface area contributed by atoms with Crippen LogP contribution in [0.4, 0.5) is 4.39 Å². The van der Waals surface area contributed by atoms with Crippen LogP contribution in [0.25, 0.3) is 0 Å². The molecule has 0 spiro atoms. The molecule has 3 rings (SSSR count). The molecule has 3 N–H and O–H groups in total. The van der Waals surface area contributed by atoms with Crippen LogP contribution in [-0.2, 0) is 16.0 Å².